The Morgan fingerprint density at radius 3 is 2.59 bits per heavy atom. The van der Waals surface area contributed by atoms with Gasteiger partial charge in [0, 0.05) is 11.4 Å². The van der Waals surface area contributed by atoms with Crippen LogP contribution in [0.4, 0.5) is 9.80 Å². The number of carbonyl (C=O) groups is 2. The molecule has 7 nitrogen and oxygen atoms in total. The number of anilines is 1. The molecule has 0 unspecified atom stereocenters. The minimum Gasteiger partial charge on any atom is -0.497 e. The first-order valence-corrected chi connectivity index (χ1v) is 9.72. The van der Waals surface area contributed by atoms with Crippen molar-refractivity contribution in [3.63, 3.8) is 0 Å². The molecule has 1 aromatic carbocycles. The molecule has 8 heteroatoms. The number of carbonyl (C=O) groups excluding carboxylic acids is 2. The number of methoxy groups -OCH3 is 1. The zero-order chi connectivity index (χ0) is 19.2. The molecule has 0 atom stereocenters. The quantitative estimate of drug-likeness (QED) is 0.610. The first-order chi connectivity index (χ1) is 13.1. The van der Waals surface area contributed by atoms with Crippen LogP contribution in [0.2, 0.25) is 0 Å². The second kappa shape index (κ2) is 8.88. The monoisotopic (exact) mass is 388 g/mol. The summed E-state index contributed by atoms with van der Waals surface area (Å²) < 4.78 is 5.18. The third-order valence-corrected chi connectivity index (χ3v) is 5.70. The predicted molar refractivity (Wildman–Crippen MR) is 107 cm³/mol. The van der Waals surface area contributed by atoms with Gasteiger partial charge in [0.05, 0.1) is 12.7 Å². The molecule has 0 aliphatic carbocycles. The smallest absolute Gasteiger partial charge is 0.317 e. The van der Waals surface area contributed by atoms with Gasteiger partial charge in [-0.25, -0.2) is 4.79 Å². The van der Waals surface area contributed by atoms with Crippen LogP contribution < -0.4 is 26.4 Å². The van der Waals surface area contributed by atoms with Gasteiger partial charge in [0.25, 0.3) is 5.91 Å². The van der Waals surface area contributed by atoms with E-state index in [1.807, 2.05) is 24.3 Å². The van der Waals surface area contributed by atoms with Gasteiger partial charge in [0.15, 0.2) is 0 Å². The van der Waals surface area contributed by atoms with Crippen LogP contribution in [0, 0.1) is 5.92 Å². The fourth-order valence-corrected chi connectivity index (χ4v) is 4.14. The van der Waals surface area contributed by atoms with E-state index >= 15 is 0 Å². The minimum absolute atomic E-state index is 0.201. The number of piperidine rings is 1. The Bertz CT molecular complexity index is 798. The third-order valence-electron chi connectivity index (χ3n) is 4.60. The van der Waals surface area contributed by atoms with Crippen molar-refractivity contribution in [3.05, 3.63) is 35.9 Å². The molecule has 0 radical (unpaired) electrons. The van der Waals surface area contributed by atoms with Gasteiger partial charge < -0.3 is 21.1 Å². The molecule has 2 aromatic rings. The van der Waals surface area contributed by atoms with Crippen molar-refractivity contribution >= 4 is 28.3 Å². The zero-order valence-corrected chi connectivity index (χ0v) is 16.0. The molecule has 1 saturated heterocycles. The number of ether oxygens (including phenoxy) is 1. The number of amides is 3. The second-order valence-corrected chi connectivity index (χ2v) is 7.53. The molecule has 0 spiro atoms. The Labute approximate surface area is 162 Å². The summed E-state index contributed by atoms with van der Waals surface area (Å²) in [7, 11) is 1.61. The van der Waals surface area contributed by atoms with Crippen molar-refractivity contribution in [2.75, 3.05) is 32.1 Å². The number of thiophene rings is 1. The van der Waals surface area contributed by atoms with Crippen LogP contribution >= 0.6 is 11.3 Å². The molecule has 1 aliphatic heterocycles. The number of primary amides is 1. The van der Waals surface area contributed by atoms with Gasteiger partial charge in [-0.1, -0.05) is 0 Å². The van der Waals surface area contributed by atoms with E-state index in [4.69, 9.17) is 10.5 Å². The summed E-state index contributed by atoms with van der Waals surface area (Å²) in [6.45, 7) is 2.59. The fraction of sp³-hybridized carbons (Fsp3) is 0.368. The van der Waals surface area contributed by atoms with E-state index < -0.39 is 6.03 Å². The molecule has 0 saturated carbocycles. The highest BCUT2D eigenvalue weighted by Crippen LogP contribution is 2.36. The van der Waals surface area contributed by atoms with Gasteiger partial charge in [-0.15, -0.1) is 11.3 Å². The molecule has 3 amide bonds. The summed E-state index contributed by atoms with van der Waals surface area (Å²) in [5.41, 5.74) is 6.64. The number of benzene rings is 1. The first kappa shape index (κ1) is 19.2. The molecule has 3 rings (SSSR count). The van der Waals surface area contributed by atoms with Crippen molar-refractivity contribution in [1.82, 2.24) is 10.6 Å². The summed E-state index contributed by atoms with van der Waals surface area (Å²) in [4.78, 5) is 24.9. The van der Waals surface area contributed by atoms with E-state index in [2.05, 4.69) is 16.0 Å². The molecule has 27 heavy (non-hydrogen) atoms. The van der Waals surface area contributed by atoms with Gasteiger partial charge in [-0.05, 0) is 67.7 Å². The van der Waals surface area contributed by atoms with Crippen molar-refractivity contribution in [1.29, 1.82) is 0 Å². The standard InChI is InChI=1S/C19H24N4O3S/c1-26-14-4-2-13(3-5-14)16-10-15(18(27-16)23-19(20)25)17(24)22-11-12-6-8-21-9-7-12/h2-5,10,12,21H,6-9,11H2,1H3,(H,22,24)(H3,20,23,25). The summed E-state index contributed by atoms with van der Waals surface area (Å²) in [5, 5.41) is 9.33. The van der Waals surface area contributed by atoms with Gasteiger partial charge in [0.2, 0.25) is 0 Å². The predicted octanol–water partition coefficient (Wildman–Crippen LogP) is 2.64. The van der Waals surface area contributed by atoms with E-state index in [1.165, 1.54) is 11.3 Å². The highest BCUT2D eigenvalue weighted by Gasteiger charge is 2.20. The third kappa shape index (κ3) is 4.99. The number of nitrogens with one attached hydrogen (secondary N) is 3. The lowest BCUT2D eigenvalue weighted by Crippen LogP contribution is -2.36. The molecule has 1 fully saturated rings. The average Bonchev–Trinajstić information content (AvgIpc) is 3.10. The largest absolute Gasteiger partial charge is 0.497 e. The van der Waals surface area contributed by atoms with Gasteiger partial charge >= 0.3 is 6.03 Å². The summed E-state index contributed by atoms with van der Waals surface area (Å²) in [5.74, 6) is 1.03. The van der Waals surface area contributed by atoms with Gasteiger partial charge in [-0.2, -0.15) is 0 Å². The maximum Gasteiger partial charge on any atom is 0.317 e. The molecule has 2 heterocycles. The lowest BCUT2D eigenvalue weighted by atomic mass is 9.98. The number of hydrogen-bond acceptors (Lipinski definition) is 5. The van der Waals surface area contributed by atoms with Gasteiger partial charge in [-0.3, -0.25) is 10.1 Å². The molecular weight excluding hydrogens is 364 g/mol. The van der Waals surface area contributed by atoms with E-state index in [-0.39, 0.29) is 5.91 Å². The molecule has 1 aliphatic rings. The Hall–Kier alpha value is -2.58. The Morgan fingerprint density at radius 1 is 1.26 bits per heavy atom. The van der Waals surface area contributed by atoms with E-state index in [0.29, 0.717) is 23.0 Å². The molecule has 0 bridgehead atoms. The van der Waals surface area contributed by atoms with Gasteiger partial charge in [0.1, 0.15) is 10.8 Å². The number of hydrogen-bond donors (Lipinski definition) is 4. The Kier molecular flexibility index (Phi) is 6.31. The maximum atomic E-state index is 12.7. The van der Waals surface area contributed by atoms with Crippen LogP contribution in [0.1, 0.15) is 23.2 Å². The number of urea groups is 1. The van der Waals surface area contributed by atoms with Crippen LogP contribution in [0.5, 0.6) is 5.75 Å². The summed E-state index contributed by atoms with van der Waals surface area (Å²) >= 11 is 1.32. The molecule has 144 valence electrons. The maximum absolute atomic E-state index is 12.7. The second-order valence-electron chi connectivity index (χ2n) is 6.47. The average molecular weight is 388 g/mol. The highest BCUT2D eigenvalue weighted by atomic mass is 32.1. The number of rotatable bonds is 6. The van der Waals surface area contributed by atoms with Crippen LogP contribution in [-0.4, -0.2) is 38.7 Å². The van der Waals surface area contributed by atoms with E-state index in [0.717, 1.165) is 42.1 Å². The normalized spacial score (nSPS) is 14.6. The van der Waals surface area contributed by atoms with Crippen LogP contribution in [0.15, 0.2) is 30.3 Å². The fourth-order valence-electron chi connectivity index (χ4n) is 3.08. The van der Waals surface area contributed by atoms with Crippen molar-refractivity contribution < 1.29 is 14.3 Å². The zero-order valence-electron chi connectivity index (χ0n) is 15.2. The number of nitrogens with two attached hydrogens (primary N) is 1. The molecule has 5 N–H and O–H groups in total. The lowest BCUT2D eigenvalue weighted by Gasteiger charge is -2.22. The molecule has 1 aromatic heterocycles. The highest BCUT2D eigenvalue weighted by molar-refractivity contribution is 7.20. The summed E-state index contributed by atoms with van der Waals surface area (Å²) in [6, 6.07) is 8.63. The van der Waals surface area contributed by atoms with E-state index in [9.17, 15) is 9.59 Å². The van der Waals surface area contributed by atoms with Crippen molar-refractivity contribution in [2.24, 2.45) is 11.7 Å². The van der Waals surface area contributed by atoms with Crippen LogP contribution in [0.25, 0.3) is 10.4 Å². The lowest BCUT2D eigenvalue weighted by molar-refractivity contribution is 0.0945. The van der Waals surface area contributed by atoms with Crippen molar-refractivity contribution in [2.45, 2.75) is 12.8 Å². The Morgan fingerprint density at radius 2 is 1.96 bits per heavy atom. The topological polar surface area (TPSA) is 105 Å². The van der Waals surface area contributed by atoms with Crippen LogP contribution in [0.3, 0.4) is 0 Å². The minimum atomic E-state index is -0.689. The summed E-state index contributed by atoms with van der Waals surface area (Å²) in [6.07, 6.45) is 2.10. The van der Waals surface area contributed by atoms with E-state index in [1.54, 1.807) is 13.2 Å². The Balaban J connectivity index is 1.77. The van der Waals surface area contributed by atoms with Crippen LogP contribution in [-0.2, 0) is 0 Å². The van der Waals surface area contributed by atoms with Crippen molar-refractivity contribution in [3.8, 4) is 16.2 Å². The first-order valence-electron chi connectivity index (χ1n) is 8.90. The SMILES string of the molecule is COc1ccc(-c2cc(C(=O)NCC3CCNCC3)c(NC(N)=O)s2)cc1. The molecular formula is C19H24N4O3S.